The number of rotatable bonds is 4. The molecule has 0 unspecified atom stereocenters. The third kappa shape index (κ3) is 11.0. The first kappa shape index (κ1) is 53.6. The molecule has 0 bridgehead atoms. The van der Waals surface area contributed by atoms with Gasteiger partial charge >= 0.3 is 12.1 Å². The van der Waals surface area contributed by atoms with Crippen LogP contribution in [0.1, 0.15) is 237 Å². The van der Waals surface area contributed by atoms with Gasteiger partial charge in [0.25, 0.3) is 0 Å². The molecule has 0 spiro atoms. The van der Waals surface area contributed by atoms with Crippen molar-refractivity contribution < 1.29 is 22.1 Å². The molecular weight excluding hydrogens is 794 g/mol. The zero-order valence-corrected chi connectivity index (χ0v) is 45.1. The fourth-order valence-electron chi connectivity index (χ4n) is 8.05. The van der Waals surface area contributed by atoms with Crippen LogP contribution in [0.2, 0.25) is 0 Å². The van der Waals surface area contributed by atoms with E-state index in [0.29, 0.717) is 14.7 Å². The minimum Gasteiger partial charge on any atom is -0.395 e. The third-order valence-electron chi connectivity index (χ3n) is 12.0. The Balaban J connectivity index is 3.43. The number of carbonyl (C=O) groups is 1. The Morgan fingerprint density at radius 3 is 0.613 bits per heavy atom. The first-order valence-corrected chi connectivity index (χ1v) is 24.3. The first-order chi connectivity index (χ1) is 27.0. The van der Waals surface area contributed by atoms with Gasteiger partial charge in [0.1, 0.15) is 0 Å². The fourth-order valence-corrected chi connectivity index (χ4v) is 13.3. The molecule has 3 rings (SSSR count). The van der Waals surface area contributed by atoms with E-state index in [4.69, 9.17) is 4.18 Å². The zero-order valence-electron chi connectivity index (χ0n) is 44.3. The monoisotopic (exact) mass is 881 g/mol. The number of carbonyl (C=O) groups excluding carboxylic acids is 1. The van der Waals surface area contributed by atoms with Crippen molar-refractivity contribution in [1.29, 1.82) is 0 Å². The van der Waals surface area contributed by atoms with Crippen LogP contribution in [0, 0.1) is 0 Å². The van der Waals surface area contributed by atoms with E-state index in [2.05, 4.69) is 223 Å². The molecule has 3 aromatic carbocycles. The summed E-state index contributed by atoms with van der Waals surface area (Å²) in [6.45, 7) is 58.4. The van der Waals surface area contributed by atoms with Gasteiger partial charge in [-0.2, -0.15) is 13.2 Å². The Hall–Kier alpha value is -2.73. The van der Waals surface area contributed by atoms with Crippen molar-refractivity contribution in [2.45, 2.75) is 257 Å². The molecule has 0 atom stereocenters. The second kappa shape index (κ2) is 16.0. The number of hydrogen-bond acceptors (Lipinski definition) is 2. The van der Waals surface area contributed by atoms with E-state index < -0.39 is 54.9 Å². The summed E-state index contributed by atoms with van der Waals surface area (Å²) in [4.78, 5) is 16.8. The van der Waals surface area contributed by atoms with E-state index in [-0.39, 0.29) is 16.2 Å². The standard InChI is InChI=1S/C56H87F3O2S/c1-47(2,3)34-28-37(50(10,11)12)43(38(29-34)51(13,14)15)62(61-46(60)56(57,58)59,44-39(52(16,17)18)30-35(48(4,5)6)31-40(44)53(19,20)21)45-41(54(22,23)24)32-36(49(7,8)9)33-42(45)55(25,26)27/h28-33H,1-27H3. The zero-order chi connectivity index (χ0) is 49.0. The molecule has 6 heteroatoms. The van der Waals surface area contributed by atoms with Gasteiger partial charge in [0.15, 0.2) is 0 Å². The van der Waals surface area contributed by atoms with Crippen LogP contribution in [-0.4, -0.2) is 12.1 Å². The number of benzene rings is 3. The molecule has 0 N–H and O–H groups in total. The molecule has 2 nitrogen and oxygen atoms in total. The van der Waals surface area contributed by atoms with Crippen LogP contribution in [0.5, 0.6) is 0 Å². The maximum Gasteiger partial charge on any atom is 0.491 e. The van der Waals surface area contributed by atoms with Gasteiger partial charge in [0.2, 0.25) is 0 Å². The van der Waals surface area contributed by atoms with Crippen LogP contribution in [0.4, 0.5) is 13.2 Å². The summed E-state index contributed by atoms with van der Waals surface area (Å²) in [6, 6.07) is 13.3. The topological polar surface area (TPSA) is 26.3 Å². The molecule has 0 aromatic heterocycles. The Morgan fingerprint density at radius 1 is 0.339 bits per heavy atom. The third-order valence-corrected chi connectivity index (χ3v) is 15.5. The van der Waals surface area contributed by atoms with Gasteiger partial charge in [0.05, 0.1) is 0 Å². The van der Waals surface area contributed by atoms with Crippen molar-refractivity contribution in [3.8, 4) is 0 Å². The number of halogens is 3. The van der Waals surface area contributed by atoms with Crippen LogP contribution in [0.3, 0.4) is 0 Å². The molecule has 0 aliphatic heterocycles. The van der Waals surface area contributed by atoms with Crippen LogP contribution in [-0.2, 0) is 57.7 Å². The summed E-state index contributed by atoms with van der Waals surface area (Å²) >= 11 is 0. The summed E-state index contributed by atoms with van der Waals surface area (Å²) in [5, 5.41) is 0. The average molecular weight is 881 g/mol. The van der Waals surface area contributed by atoms with Gasteiger partial charge in [-0.25, -0.2) is 4.79 Å². The van der Waals surface area contributed by atoms with Crippen LogP contribution < -0.4 is 0 Å². The lowest BCUT2D eigenvalue weighted by Crippen LogP contribution is -2.35. The maximum atomic E-state index is 15.7. The Bertz CT molecular complexity index is 1820. The van der Waals surface area contributed by atoms with Gasteiger partial charge in [-0.05, 0) is 109 Å². The summed E-state index contributed by atoms with van der Waals surface area (Å²) in [5.41, 5.74) is 4.01. The molecule has 0 heterocycles. The van der Waals surface area contributed by atoms with Crippen LogP contribution in [0.15, 0.2) is 51.1 Å². The minimum absolute atomic E-state index is 0.303. The SMILES string of the molecule is CC(C)(C)c1cc(C(C)(C)C)c(S(OC(=O)C(F)(F)F)(c2c(C(C)(C)C)cc(C(C)(C)C)cc2C(C)(C)C)c2c(C(C)(C)C)cc(C(C)(C)C)cc2C(C)(C)C)c(C(C)(C)C)c1. The van der Waals surface area contributed by atoms with E-state index in [1.165, 1.54) is 0 Å². The smallest absolute Gasteiger partial charge is 0.395 e. The predicted octanol–water partition coefficient (Wildman–Crippen LogP) is 17.7. The highest BCUT2D eigenvalue weighted by atomic mass is 32.3. The van der Waals surface area contributed by atoms with Crippen molar-refractivity contribution in [3.63, 3.8) is 0 Å². The van der Waals surface area contributed by atoms with E-state index in [0.717, 1.165) is 50.1 Å². The molecule has 350 valence electrons. The second-order valence-corrected chi connectivity index (χ2v) is 29.9. The van der Waals surface area contributed by atoms with Crippen molar-refractivity contribution in [2.24, 2.45) is 0 Å². The number of hydrogen-bond donors (Lipinski definition) is 0. The molecule has 0 aliphatic rings. The highest BCUT2D eigenvalue weighted by Crippen LogP contribution is 2.78. The number of alkyl halides is 3. The van der Waals surface area contributed by atoms with Gasteiger partial charge in [-0.3, -0.25) is 0 Å². The lowest BCUT2D eigenvalue weighted by molar-refractivity contribution is -0.188. The van der Waals surface area contributed by atoms with Crippen molar-refractivity contribution in [1.82, 2.24) is 0 Å². The van der Waals surface area contributed by atoms with E-state index in [1.807, 2.05) is 0 Å². The highest BCUT2D eigenvalue weighted by molar-refractivity contribution is 8.30. The molecule has 0 saturated heterocycles. The van der Waals surface area contributed by atoms with Gasteiger partial charge in [-0.1, -0.05) is 223 Å². The molecular formula is C56H87F3O2S. The van der Waals surface area contributed by atoms with Gasteiger partial charge in [0, 0.05) is 14.7 Å². The van der Waals surface area contributed by atoms with Gasteiger partial charge < -0.3 is 4.18 Å². The van der Waals surface area contributed by atoms with Gasteiger partial charge in [-0.15, -0.1) is 0 Å². The summed E-state index contributed by atoms with van der Waals surface area (Å²) < 4.78 is 54.3. The largest absolute Gasteiger partial charge is 0.491 e. The molecule has 3 aromatic rings. The van der Waals surface area contributed by atoms with Crippen molar-refractivity contribution in [3.05, 3.63) is 86.5 Å². The second-order valence-electron chi connectivity index (χ2n) is 27.4. The van der Waals surface area contributed by atoms with E-state index >= 15 is 13.2 Å². The molecule has 0 saturated carbocycles. The fraction of sp³-hybridized carbons (Fsp3) is 0.661. The lowest BCUT2D eigenvalue weighted by Gasteiger charge is -2.52. The Labute approximate surface area is 379 Å². The average Bonchev–Trinajstić information content (AvgIpc) is 3.01. The Kier molecular flexibility index (Phi) is 13.8. The van der Waals surface area contributed by atoms with Crippen molar-refractivity contribution >= 4 is 16.3 Å². The molecule has 0 aliphatic carbocycles. The molecule has 62 heavy (non-hydrogen) atoms. The predicted molar refractivity (Wildman–Crippen MR) is 262 cm³/mol. The Morgan fingerprint density at radius 2 is 0.500 bits per heavy atom. The van der Waals surface area contributed by atoms with E-state index in [9.17, 15) is 4.79 Å². The minimum atomic E-state index is -5.29. The van der Waals surface area contributed by atoms with E-state index in [1.54, 1.807) is 0 Å². The van der Waals surface area contributed by atoms with Crippen LogP contribution >= 0.6 is 10.3 Å². The molecule has 0 amide bonds. The summed E-state index contributed by atoms with van der Waals surface area (Å²) in [6.07, 6.45) is -5.29. The maximum absolute atomic E-state index is 15.7. The van der Waals surface area contributed by atoms with Crippen LogP contribution in [0.25, 0.3) is 0 Å². The summed E-state index contributed by atoms with van der Waals surface area (Å²) in [7, 11) is -3.75. The lowest BCUT2D eigenvalue weighted by atomic mass is 9.75. The summed E-state index contributed by atoms with van der Waals surface area (Å²) in [5.74, 6) is -2.17. The molecule has 0 radical (unpaired) electrons. The van der Waals surface area contributed by atoms with Crippen molar-refractivity contribution in [2.75, 3.05) is 0 Å². The first-order valence-electron chi connectivity index (χ1n) is 22.7. The normalized spacial score (nSPS) is 14.9. The molecule has 0 fully saturated rings. The quantitative estimate of drug-likeness (QED) is 0.261. The highest BCUT2D eigenvalue weighted by Gasteiger charge is 2.55.